The highest BCUT2D eigenvalue weighted by Gasteiger charge is 2.19. The molecule has 0 radical (unpaired) electrons. The number of hydrogen-bond donors (Lipinski definition) is 1. The summed E-state index contributed by atoms with van der Waals surface area (Å²) < 4.78 is 0. The zero-order chi connectivity index (χ0) is 6.62. The molecule has 0 aromatic carbocycles. The van der Waals surface area contributed by atoms with Crippen LogP contribution < -0.4 is 0 Å². The van der Waals surface area contributed by atoms with Crippen LogP contribution in [-0.4, -0.2) is 10.7 Å². The van der Waals surface area contributed by atoms with Crippen molar-refractivity contribution in [1.29, 1.82) is 5.26 Å². The standard InChI is InChI=1S/C6H11NO/c1-3-6(8,4-2)5-7/h8H,3-4H2,1-2H3. The molecule has 0 unspecified atom stereocenters. The predicted octanol–water partition coefficient (Wildman–Crippen LogP) is 1.06. The molecule has 0 heterocycles. The molecular weight excluding hydrogens is 102 g/mol. The van der Waals surface area contributed by atoms with Crippen LogP contribution in [0.1, 0.15) is 26.7 Å². The summed E-state index contributed by atoms with van der Waals surface area (Å²) in [6, 6.07) is 1.83. The number of aliphatic hydroxyl groups is 1. The molecule has 1 N–H and O–H groups in total. The van der Waals surface area contributed by atoms with Crippen LogP contribution in [0.2, 0.25) is 0 Å². The third-order valence-electron chi connectivity index (χ3n) is 1.38. The maximum Gasteiger partial charge on any atom is 0.150 e. The van der Waals surface area contributed by atoms with Gasteiger partial charge in [0.25, 0.3) is 0 Å². The third-order valence-corrected chi connectivity index (χ3v) is 1.38. The first-order chi connectivity index (χ1) is 3.68. The summed E-state index contributed by atoms with van der Waals surface area (Å²) in [6.45, 7) is 3.60. The molecule has 0 saturated carbocycles. The van der Waals surface area contributed by atoms with Gasteiger partial charge >= 0.3 is 0 Å². The quantitative estimate of drug-likeness (QED) is 0.544. The van der Waals surface area contributed by atoms with Crippen LogP contribution >= 0.6 is 0 Å². The number of rotatable bonds is 2. The van der Waals surface area contributed by atoms with Crippen molar-refractivity contribution in [3.05, 3.63) is 0 Å². The lowest BCUT2D eigenvalue weighted by atomic mass is 10.0. The largest absolute Gasteiger partial charge is 0.375 e. The van der Waals surface area contributed by atoms with Gasteiger partial charge in [0.2, 0.25) is 0 Å². The van der Waals surface area contributed by atoms with Crippen LogP contribution in [0.4, 0.5) is 0 Å². The highest BCUT2D eigenvalue weighted by molar-refractivity contribution is 4.97. The van der Waals surface area contributed by atoms with Crippen molar-refractivity contribution in [3.8, 4) is 6.07 Å². The zero-order valence-corrected chi connectivity index (χ0v) is 5.31. The monoisotopic (exact) mass is 113 g/mol. The van der Waals surface area contributed by atoms with Crippen molar-refractivity contribution in [2.75, 3.05) is 0 Å². The predicted molar refractivity (Wildman–Crippen MR) is 31.1 cm³/mol. The highest BCUT2D eigenvalue weighted by Crippen LogP contribution is 2.11. The van der Waals surface area contributed by atoms with Gasteiger partial charge < -0.3 is 5.11 Å². The van der Waals surface area contributed by atoms with E-state index < -0.39 is 5.60 Å². The fourth-order valence-corrected chi connectivity index (χ4v) is 0.408. The Hall–Kier alpha value is -0.550. The fourth-order valence-electron chi connectivity index (χ4n) is 0.408. The molecule has 0 rings (SSSR count). The molecule has 8 heavy (non-hydrogen) atoms. The van der Waals surface area contributed by atoms with E-state index in [9.17, 15) is 0 Å². The average Bonchev–Trinajstić information content (AvgIpc) is 1.87. The van der Waals surface area contributed by atoms with Crippen LogP contribution in [-0.2, 0) is 0 Å². The topological polar surface area (TPSA) is 44.0 Å². The van der Waals surface area contributed by atoms with E-state index in [0.717, 1.165) is 0 Å². The molecule has 2 nitrogen and oxygen atoms in total. The first kappa shape index (κ1) is 7.45. The summed E-state index contributed by atoms with van der Waals surface area (Å²) in [7, 11) is 0. The van der Waals surface area contributed by atoms with E-state index >= 15 is 0 Å². The van der Waals surface area contributed by atoms with E-state index in [4.69, 9.17) is 10.4 Å². The molecule has 46 valence electrons. The van der Waals surface area contributed by atoms with E-state index in [1.807, 2.05) is 6.07 Å². The summed E-state index contributed by atoms with van der Waals surface area (Å²) in [5, 5.41) is 17.4. The van der Waals surface area contributed by atoms with E-state index in [-0.39, 0.29) is 0 Å². The zero-order valence-electron chi connectivity index (χ0n) is 5.31. The van der Waals surface area contributed by atoms with Crippen molar-refractivity contribution >= 4 is 0 Å². The van der Waals surface area contributed by atoms with Crippen molar-refractivity contribution in [2.24, 2.45) is 0 Å². The van der Waals surface area contributed by atoms with Gasteiger partial charge in [0.1, 0.15) is 0 Å². The summed E-state index contributed by atoms with van der Waals surface area (Å²) in [5.74, 6) is 0. The summed E-state index contributed by atoms with van der Waals surface area (Å²) in [5.41, 5.74) is -1.07. The van der Waals surface area contributed by atoms with E-state index in [0.29, 0.717) is 12.8 Å². The second kappa shape index (κ2) is 2.68. The minimum atomic E-state index is -1.07. The molecule has 0 aliphatic rings. The van der Waals surface area contributed by atoms with Crippen molar-refractivity contribution in [2.45, 2.75) is 32.3 Å². The molecule has 0 aromatic heterocycles. The fraction of sp³-hybridized carbons (Fsp3) is 0.833. The van der Waals surface area contributed by atoms with Crippen LogP contribution in [0.25, 0.3) is 0 Å². The first-order valence-corrected chi connectivity index (χ1v) is 2.82. The Morgan fingerprint density at radius 2 is 1.88 bits per heavy atom. The van der Waals surface area contributed by atoms with E-state index in [2.05, 4.69) is 0 Å². The van der Waals surface area contributed by atoms with Crippen molar-refractivity contribution < 1.29 is 5.11 Å². The van der Waals surface area contributed by atoms with Gasteiger partial charge in [-0.25, -0.2) is 0 Å². The molecule has 0 aromatic rings. The third kappa shape index (κ3) is 1.51. The second-order valence-corrected chi connectivity index (χ2v) is 1.85. The lowest BCUT2D eigenvalue weighted by molar-refractivity contribution is 0.0908. The number of nitrogens with zero attached hydrogens (tertiary/aromatic N) is 1. The number of nitriles is 1. The SMILES string of the molecule is CCC(O)(C#N)CC. The minimum absolute atomic E-state index is 0.514. The molecular formula is C6H11NO. The van der Waals surface area contributed by atoms with E-state index in [1.165, 1.54) is 0 Å². The van der Waals surface area contributed by atoms with Crippen LogP contribution in [0.15, 0.2) is 0 Å². The van der Waals surface area contributed by atoms with Crippen LogP contribution in [0.5, 0.6) is 0 Å². The lowest BCUT2D eigenvalue weighted by Crippen LogP contribution is -2.23. The van der Waals surface area contributed by atoms with Gasteiger partial charge in [-0.15, -0.1) is 0 Å². The Labute approximate surface area is 49.8 Å². The van der Waals surface area contributed by atoms with Gasteiger partial charge in [0, 0.05) is 0 Å². The minimum Gasteiger partial charge on any atom is -0.375 e. The van der Waals surface area contributed by atoms with Crippen LogP contribution in [0.3, 0.4) is 0 Å². The molecule has 0 aliphatic carbocycles. The maximum absolute atomic E-state index is 9.08. The van der Waals surface area contributed by atoms with Gasteiger partial charge in [-0.3, -0.25) is 0 Å². The molecule has 0 amide bonds. The smallest absolute Gasteiger partial charge is 0.150 e. The summed E-state index contributed by atoms with van der Waals surface area (Å²) in [4.78, 5) is 0. The average molecular weight is 113 g/mol. The molecule has 0 aliphatic heterocycles. The van der Waals surface area contributed by atoms with Gasteiger partial charge in [-0.2, -0.15) is 5.26 Å². The molecule has 0 spiro atoms. The molecule has 0 atom stereocenters. The highest BCUT2D eigenvalue weighted by atomic mass is 16.3. The Morgan fingerprint density at radius 1 is 1.50 bits per heavy atom. The van der Waals surface area contributed by atoms with Gasteiger partial charge in [-0.05, 0) is 12.8 Å². The van der Waals surface area contributed by atoms with E-state index in [1.54, 1.807) is 13.8 Å². The normalized spacial score (nSPS) is 10.8. The van der Waals surface area contributed by atoms with Gasteiger partial charge in [0.05, 0.1) is 6.07 Å². The molecule has 0 bridgehead atoms. The van der Waals surface area contributed by atoms with Crippen molar-refractivity contribution in [3.63, 3.8) is 0 Å². The molecule has 0 fully saturated rings. The Bertz CT molecular complexity index is 99.6. The molecule has 2 heteroatoms. The number of hydrogen-bond acceptors (Lipinski definition) is 2. The van der Waals surface area contributed by atoms with Gasteiger partial charge in [-0.1, -0.05) is 13.8 Å². The summed E-state index contributed by atoms with van der Waals surface area (Å²) in [6.07, 6.45) is 1.03. The molecule has 0 saturated heterocycles. The Balaban J connectivity index is 3.83. The van der Waals surface area contributed by atoms with Gasteiger partial charge in [0.15, 0.2) is 5.60 Å². The first-order valence-electron chi connectivity index (χ1n) is 2.82. The van der Waals surface area contributed by atoms with Crippen molar-refractivity contribution in [1.82, 2.24) is 0 Å². The summed E-state index contributed by atoms with van der Waals surface area (Å²) >= 11 is 0. The Kier molecular flexibility index (Phi) is 2.50. The second-order valence-electron chi connectivity index (χ2n) is 1.85. The van der Waals surface area contributed by atoms with Crippen LogP contribution in [0, 0.1) is 11.3 Å². The lowest BCUT2D eigenvalue weighted by Gasteiger charge is -2.13. The Morgan fingerprint density at radius 3 is 1.88 bits per heavy atom. The maximum atomic E-state index is 9.08.